The normalized spacial score (nSPS) is 18.1. The monoisotopic (exact) mass is 267 g/mol. The fourth-order valence-electron chi connectivity index (χ4n) is 1.98. The van der Waals surface area contributed by atoms with Crippen LogP contribution in [0.2, 0.25) is 0 Å². The van der Waals surface area contributed by atoms with Crippen LogP contribution in [0.3, 0.4) is 0 Å². The van der Waals surface area contributed by atoms with Crippen molar-refractivity contribution in [2.24, 2.45) is 0 Å². The van der Waals surface area contributed by atoms with Crippen molar-refractivity contribution in [3.8, 4) is 0 Å². The molecule has 0 heterocycles. The van der Waals surface area contributed by atoms with Gasteiger partial charge in [-0.15, -0.1) is 0 Å². The average molecular weight is 268 g/mol. The molecule has 0 aliphatic heterocycles. The molecule has 0 radical (unpaired) electrons. The zero-order valence-electron chi connectivity index (χ0n) is 9.20. The van der Waals surface area contributed by atoms with Gasteiger partial charge in [-0.25, -0.2) is 0 Å². The number of benzene rings is 1. The zero-order chi connectivity index (χ0) is 10.7. The predicted molar refractivity (Wildman–Crippen MR) is 68.6 cm³/mol. The molecule has 1 fully saturated rings. The Morgan fingerprint density at radius 2 is 2.00 bits per heavy atom. The van der Waals surface area contributed by atoms with Gasteiger partial charge in [0, 0.05) is 23.8 Å². The van der Waals surface area contributed by atoms with E-state index in [0.717, 1.165) is 11.4 Å². The smallest absolute Gasteiger partial charge is 0.0112 e. The van der Waals surface area contributed by atoms with Crippen molar-refractivity contribution >= 4 is 15.9 Å². The van der Waals surface area contributed by atoms with Crippen LogP contribution in [0.15, 0.2) is 30.3 Å². The van der Waals surface area contributed by atoms with Gasteiger partial charge in [-0.1, -0.05) is 46.3 Å². The quantitative estimate of drug-likeness (QED) is 0.741. The largest absolute Gasteiger partial charge is 0.303 e. The minimum absolute atomic E-state index is 0.622. The molecule has 2 rings (SSSR count). The van der Waals surface area contributed by atoms with Crippen LogP contribution in [0.5, 0.6) is 0 Å². The third-order valence-electron chi connectivity index (χ3n) is 3.14. The number of halogens is 1. The summed E-state index contributed by atoms with van der Waals surface area (Å²) < 4.78 is 0. The fourth-order valence-corrected chi connectivity index (χ4v) is 2.56. The molecule has 0 amide bonds. The molecule has 1 aliphatic rings. The Labute approximate surface area is 101 Å². The summed E-state index contributed by atoms with van der Waals surface area (Å²) in [6.45, 7) is 1.17. The lowest BCUT2D eigenvalue weighted by Gasteiger charge is -2.22. The molecule has 0 aromatic heterocycles. The predicted octanol–water partition coefficient (Wildman–Crippen LogP) is 3.26. The molecule has 1 unspecified atom stereocenters. The van der Waals surface area contributed by atoms with Gasteiger partial charge in [0.15, 0.2) is 0 Å². The van der Waals surface area contributed by atoms with Crippen LogP contribution in [0.4, 0.5) is 0 Å². The molecule has 1 nitrogen and oxygen atoms in total. The molecular weight excluding hydrogens is 250 g/mol. The lowest BCUT2D eigenvalue weighted by molar-refractivity contribution is 0.309. The molecule has 1 aromatic carbocycles. The van der Waals surface area contributed by atoms with E-state index in [4.69, 9.17) is 0 Å². The lowest BCUT2D eigenvalue weighted by Crippen LogP contribution is -2.27. The van der Waals surface area contributed by atoms with E-state index in [-0.39, 0.29) is 0 Å². The average Bonchev–Trinajstić information content (AvgIpc) is 3.10. The van der Waals surface area contributed by atoms with E-state index < -0.39 is 0 Å². The second-order valence-electron chi connectivity index (χ2n) is 4.43. The van der Waals surface area contributed by atoms with E-state index in [1.807, 2.05) is 0 Å². The van der Waals surface area contributed by atoms with Crippen molar-refractivity contribution in [3.05, 3.63) is 35.9 Å². The van der Waals surface area contributed by atoms with Gasteiger partial charge in [0.1, 0.15) is 0 Å². The highest BCUT2D eigenvalue weighted by molar-refractivity contribution is 9.09. The van der Waals surface area contributed by atoms with Crippen molar-refractivity contribution < 1.29 is 0 Å². The van der Waals surface area contributed by atoms with Gasteiger partial charge in [-0.05, 0) is 25.5 Å². The Morgan fingerprint density at radius 1 is 1.33 bits per heavy atom. The molecule has 1 atom stereocenters. The molecular formula is C13H18BrN. The number of alkyl halides is 1. The molecule has 1 aromatic rings. The Hall–Kier alpha value is -0.340. The van der Waals surface area contributed by atoms with Crippen molar-refractivity contribution in [1.82, 2.24) is 4.90 Å². The summed E-state index contributed by atoms with van der Waals surface area (Å²) in [6.07, 6.45) is 2.78. The summed E-state index contributed by atoms with van der Waals surface area (Å²) in [5.41, 5.74) is 1.45. The van der Waals surface area contributed by atoms with Crippen LogP contribution in [-0.4, -0.2) is 29.9 Å². The summed E-state index contributed by atoms with van der Waals surface area (Å²) >= 11 is 3.62. The minimum atomic E-state index is 0.622. The van der Waals surface area contributed by atoms with Gasteiger partial charge >= 0.3 is 0 Å². The summed E-state index contributed by atoms with van der Waals surface area (Å²) in [5, 5.41) is 1.05. The Bertz CT molecular complexity index is 295. The Morgan fingerprint density at radius 3 is 2.53 bits per heavy atom. The van der Waals surface area contributed by atoms with E-state index in [9.17, 15) is 0 Å². The number of hydrogen-bond acceptors (Lipinski definition) is 1. The summed E-state index contributed by atoms with van der Waals surface area (Å²) in [5.74, 6) is 0.622. The number of rotatable bonds is 5. The molecule has 0 saturated heterocycles. The van der Waals surface area contributed by atoms with E-state index in [0.29, 0.717) is 5.92 Å². The first-order valence-electron chi connectivity index (χ1n) is 5.62. The Balaban J connectivity index is 1.97. The molecule has 0 spiro atoms. The van der Waals surface area contributed by atoms with Crippen LogP contribution in [0.25, 0.3) is 0 Å². The second-order valence-corrected chi connectivity index (χ2v) is 5.08. The van der Waals surface area contributed by atoms with Gasteiger partial charge in [0.05, 0.1) is 0 Å². The molecule has 2 heteroatoms. The highest BCUT2D eigenvalue weighted by Gasteiger charge is 2.27. The minimum Gasteiger partial charge on any atom is -0.303 e. The molecule has 1 saturated carbocycles. The standard InChI is InChI=1S/C13H18BrN/c1-15(13-7-8-13)10-12(9-14)11-5-3-2-4-6-11/h2-6,12-13H,7-10H2,1H3. The Kier molecular flexibility index (Phi) is 3.81. The molecule has 0 bridgehead atoms. The number of hydrogen-bond donors (Lipinski definition) is 0. The molecule has 1 aliphatic carbocycles. The summed E-state index contributed by atoms with van der Waals surface area (Å²) in [4.78, 5) is 2.50. The maximum Gasteiger partial charge on any atom is 0.0112 e. The first-order chi connectivity index (χ1) is 7.31. The lowest BCUT2D eigenvalue weighted by atomic mass is 10.0. The SMILES string of the molecule is CN(CC(CBr)c1ccccc1)C1CC1. The zero-order valence-corrected chi connectivity index (χ0v) is 10.8. The van der Waals surface area contributed by atoms with Crippen molar-refractivity contribution in [3.63, 3.8) is 0 Å². The van der Waals surface area contributed by atoms with Crippen LogP contribution in [-0.2, 0) is 0 Å². The maximum atomic E-state index is 3.62. The van der Waals surface area contributed by atoms with Gasteiger partial charge in [-0.3, -0.25) is 0 Å². The third kappa shape index (κ3) is 3.05. The summed E-state index contributed by atoms with van der Waals surface area (Å²) in [7, 11) is 2.25. The maximum absolute atomic E-state index is 3.62. The van der Waals surface area contributed by atoms with E-state index in [2.05, 4.69) is 58.2 Å². The third-order valence-corrected chi connectivity index (χ3v) is 3.92. The van der Waals surface area contributed by atoms with E-state index >= 15 is 0 Å². The molecule has 82 valence electrons. The van der Waals surface area contributed by atoms with Crippen molar-refractivity contribution in [1.29, 1.82) is 0 Å². The second kappa shape index (κ2) is 5.13. The van der Waals surface area contributed by atoms with E-state index in [1.165, 1.54) is 24.9 Å². The highest BCUT2D eigenvalue weighted by atomic mass is 79.9. The van der Waals surface area contributed by atoms with Gasteiger partial charge in [0.25, 0.3) is 0 Å². The van der Waals surface area contributed by atoms with Crippen LogP contribution in [0, 0.1) is 0 Å². The fraction of sp³-hybridized carbons (Fsp3) is 0.538. The van der Waals surface area contributed by atoms with Gasteiger partial charge in [-0.2, -0.15) is 0 Å². The number of likely N-dealkylation sites (N-methyl/N-ethyl adjacent to an activating group) is 1. The molecule has 15 heavy (non-hydrogen) atoms. The van der Waals surface area contributed by atoms with Crippen LogP contribution >= 0.6 is 15.9 Å². The topological polar surface area (TPSA) is 3.24 Å². The van der Waals surface area contributed by atoms with Crippen LogP contribution in [0.1, 0.15) is 24.3 Å². The van der Waals surface area contributed by atoms with Gasteiger partial charge in [0.2, 0.25) is 0 Å². The van der Waals surface area contributed by atoms with Gasteiger partial charge < -0.3 is 4.90 Å². The van der Waals surface area contributed by atoms with Crippen LogP contribution < -0.4 is 0 Å². The van der Waals surface area contributed by atoms with Crippen molar-refractivity contribution in [2.45, 2.75) is 24.8 Å². The van der Waals surface area contributed by atoms with Crippen molar-refractivity contribution in [2.75, 3.05) is 18.9 Å². The molecule has 0 N–H and O–H groups in total. The first-order valence-corrected chi connectivity index (χ1v) is 6.74. The number of nitrogens with zero attached hydrogens (tertiary/aromatic N) is 1. The highest BCUT2D eigenvalue weighted by Crippen LogP contribution is 2.28. The summed E-state index contributed by atoms with van der Waals surface area (Å²) in [6, 6.07) is 11.7. The van der Waals surface area contributed by atoms with E-state index in [1.54, 1.807) is 0 Å². The first kappa shape index (κ1) is 11.2.